The normalized spacial score (nSPS) is 15.1. The van der Waals surface area contributed by atoms with E-state index in [1.807, 2.05) is 57.6 Å². The number of rotatable bonds is 36. The van der Waals surface area contributed by atoms with Gasteiger partial charge >= 0.3 is 11.9 Å². The topological polar surface area (TPSA) is 131 Å². The first-order valence-electron chi connectivity index (χ1n) is 21.1. The van der Waals surface area contributed by atoms with Crippen LogP contribution in [0.5, 0.6) is 0 Å². The van der Waals surface area contributed by atoms with Gasteiger partial charge in [-0.05, 0) is 77.0 Å². The zero-order chi connectivity index (χ0) is 42.3. The summed E-state index contributed by atoms with van der Waals surface area (Å²) in [5.41, 5.74) is 0. The predicted molar refractivity (Wildman–Crippen MR) is 232 cm³/mol. The Kier molecular flexibility index (Phi) is 35.2. The number of aliphatic hydroxyl groups is 1. The standard InChI is InChI=1S/C46H76NO9P/c1-6-8-10-11-12-13-14-15-16-17-20-24-27-30-34-38-46(50)56-44(42-55-57(51,52)54-40-39-47(3,4)5)41-53-45(49)37-33-29-26-23-21-18-19-22-25-28-32-36-43(48)35-31-9-7-2/h8,10,12-13,15-16,18-20,23-26,28,32,36,43-44,48H,6-7,9,11,14,17,21-22,27,29-31,33-35,37-42H2,1-5H3/b10-8-,13-12-,16-15-,19-18-,24-20-,26-23-,28-25-,36-32+/t43-,44-/m1/s1. The summed E-state index contributed by atoms with van der Waals surface area (Å²) in [5.74, 6) is -0.988. The van der Waals surface area contributed by atoms with Crippen LogP contribution >= 0.6 is 7.82 Å². The van der Waals surface area contributed by atoms with E-state index in [0.717, 1.165) is 77.0 Å². The minimum Gasteiger partial charge on any atom is -0.756 e. The first-order chi connectivity index (χ1) is 27.4. The minimum atomic E-state index is -4.66. The molecule has 0 aromatic carbocycles. The number of nitrogens with zero attached hydrogens (tertiary/aromatic N) is 1. The highest BCUT2D eigenvalue weighted by molar-refractivity contribution is 7.45. The van der Waals surface area contributed by atoms with Crippen LogP contribution in [0, 0.1) is 0 Å². The van der Waals surface area contributed by atoms with E-state index in [9.17, 15) is 24.2 Å². The minimum absolute atomic E-state index is 0.0608. The van der Waals surface area contributed by atoms with E-state index in [4.69, 9.17) is 18.5 Å². The fraction of sp³-hybridized carbons (Fsp3) is 0.609. The van der Waals surface area contributed by atoms with Crippen molar-refractivity contribution in [3.8, 4) is 0 Å². The zero-order valence-electron chi connectivity index (χ0n) is 35.8. The molecule has 0 bridgehead atoms. The van der Waals surface area contributed by atoms with Crippen LogP contribution in [0.4, 0.5) is 0 Å². The van der Waals surface area contributed by atoms with Gasteiger partial charge in [-0.2, -0.15) is 0 Å². The molecule has 0 radical (unpaired) electrons. The lowest BCUT2D eigenvalue weighted by atomic mass is 10.1. The van der Waals surface area contributed by atoms with Gasteiger partial charge in [0.2, 0.25) is 0 Å². The Labute approximate surface area is 346 Å². The maximum atomic E-state index is 12.6. The third kappa shape index (κ3) is 40.9. The summed E-state index contributed by atoms with van der Waals surface area (Å²) in [6, 6.07) is 0. The van der Waals surface area contributed by atoms with Gasteiger partial charge in [0.1, 0.15) is 19.8 Å². The molecule has 57 heavy (non-hydrogen) atoms. The van der Waals surface area contributed by atoms with Crippen molar-refractivity contribution >= 4 is 19.8 Å². The number of likely N-dealkylation sites (N-methyl/N-ethyl adjacent to an activating group) is 1. The van der Waals surface area contributed by atoms with Crippen LogP contribution in [0.2, 0.25) is 0 Å². The van der Waals surface area contributed by atoms with Crippen molar-refractivity contribution in [2.45, 2.75) is 135 Å². The van der Waals surface area contributed by atoms with Gasteiger partial charge in [0.15, 0.2) is 6.10 Å². The van der Waals surface area contributed by atoms with Gasteiger partial charge in [0.25, 0.3) is 7.82 Å². The Hall–Kier alpha value is -3.11. The molecule has 3 atom stereocenters. The summed E-state index contributed by atoms with van der Waals surface area (Å²) in [7, 11) is 1.06. The second kappa shape index (κ2) is 37.2. The number of carbonyl (C=O) groups is 2. The fourth-order valence-corrected chi connectivity index (χ4v) is 5.59. The molecule has 0 spiro atoms. The molecular formula is C46H76NO9P. The molecule has 0 aromatic heterocycles. The zero-order valence-corrected chi connectivity index (χ0v) is 36.7. The van der Waals surface area contributed by atoms with Crippen molar-refractivity contribution < 1.29 is 47.2 Å². The number of quaternary nitrogens is 1. The first kappa shape index (κ1) is 53.9. The van der Waals surface area contributed by atoms with Crippen LogP contribution in [-0.2, 0) is 32.7 Å². The lowest BCUT2D eigenvalue weighted by molar-refractivity contribution is -0.870. The van der Waals surface area contributed by atoms with Gasteiger partial charge in [-0.1, -0.05) is 130 Å². The quantitative estimate of drug-likeness (QED) is 0.0164. The average Bonchev–Trinajstić information content (AvgIpc) is 3.15. The molecule has 324 valence electrons. The van der Waals surface area contributed by atoms with Crippen LogP contribution in [0.3, 0.4) is 0 Å². The lowest BCUT2D eigenvalue weighted by Gasteiger charge is -2.28. The number of esters is 2. The number of phosphoric acid groups is 1. The van der Waals surface area contributed by atoms with Gasteiger partial charge in [-0.25, -0.2) is 0 Å². The number of carbonyl (C=O) groups excluding carboxylic acids is 2. The van der Waals surface area contributed by atoms with Crippen molar-refractivity contribution in [1.29, 1.82) is 0 Å². The monoisotopic (exact) mass is 818 g/mol. The van der Waals surface area contributed by atoms with Crippen LogP contribution in [-0.4, -0.2) is 81.2 Å². The second-order valence-electron chi connectivity index (χ2n) is 14.8. The SMILES string of the molecule is CC/C=C\C/C=C\C/C=C\C/C=C\CCCCC(=O)O[C@H](COC(=O)CCC/C=C\C/C=C\C/C=C\C=C\[C@H](O)CCCCC)COP(=O)([O-])OCC[N+](C)(C)C. The molecule has 1 N–H and O–H groups in total. The highest BCUT2D eigenvalue weighted by Crippen LogP contribution is 2.38. The number of phosphoric ester groups is 1. The molecule has 0 saturated heterocycles. The molecule has 0 rings (SSSR count). The lowest BCUT2D eigenvalue weighted by Crippen LogP contribution is -2.37. The molecule has 0 saturated carbocycles. The van der Waals surface area contributed by atoms with Gasteiger partial charge in [-0.15, -0.1) is 0 Å². The number of allylic oxidation sites excluding steroid dienone is 15. The van der Waals surface area contributed by atoms with E-state index in [2.05, 4.69) is 74.6 Å². The molecule has 11 heteroatoms. The smallest absolute Gasteiger partial charge is 0.306 e. The average molecular weight is 818 g/mol. The Morgan fingerprint density at radius 1 is 0.667 bits per heavy atom. The van der Waals surface area contributed by atoms with Crippen molar-refractivity contribution in [2.24, 2.45) is 0 Å². The number of hydrogen-bond donors (Lipinski definition) is 1. The third-order valence-electron chi connectivity index (χ3n) is 8.19. The molecule has 1 unspecified atom stereocenters. The molecule has 0 amide bonds. The van der Waals surface area contributed by atoms with Crippen molar-refractivity contribution in [1.82, 2.24) is 0 Å². The fourth-order valence-electron chi connectivity index (χ4n) is 4.86. The van der Waals surface area contributed by atoms with Gasteiger partial charge in [-0.3, -0.25) is 14.2 Å². The summed E-state index contributed by atoms with van der Waals surface area (Å²) in [4.78, 5) is 37.4. The summed E-state index contributed by atoms with van der Waals surface area (Å²) in [5, 5.41) is 9.90. The Morgan fingerprint density at radius 3 is 1.82 bits per heavy atom. The number of unbranched alkanes of at least 4 members (excludes halogenated alkanes) is 5. The molecule has 0 aliphatic heterocycles. The number of aliphatic hydroxyl groups excluding tert-OH is 1. The summed E-state index contributed by atoms with van der Waals surface area (Å²) >= 11 is 0. The largest absolute Gasteiger partial charge is 0.756 e. The maximum Gasteiger partial charge on any atom is 0.306 e. The summed E-state index contributed by atoms with van der Waals surface area (Å²) < 4.78 is 33.7. The number of hydrogen-bond acceptors (Lipinski definition) is 9. The first-order valence-corrected chi connectivity index (χ1v) is 22.5. The highest BCUT2D eigenvalue weighted by Gasteiger charge is 2.21. The van der Waals surface area contributed by atoms with Gasteiger partial charge in [0.05, 0.1) is 33.9 Å². The Bertz CT molecular complexity index is 1310. The molecule has 0 heterocycles. The van der Waals surface area contributed by atoms with Gasteiger partial charge < -0.3 is 33.0 Å². The summed E-state index contributed by atoms with van der Waals surface area (Å²) in [6.45, 7) is 3.82. The van der Waals surface area contributed by atoms with E-state index in [1.54, 1.807) is 0 Å². The van der Waals surface area contributed by atoms with E-state index < -0.39 is 32.5 Å². The van der Waals surface area contributed by atoms with E-state index in [1.165, 1.54) is 0 Å². The predicted octanol–water partition coefficient (Wildman–Crippen LogP) is 10.1. The molecule has 0 aromatic rings. The van der Waals surface area contributed by atoms with Crippen molar-refractivity contribution in [2.75, 3.05) is 47.5 Å². The highest BCUT2D eigenvalue weighted by atomic mass is 31.2. The van der Waals surface area contributed by atoms with Crippen LogP contribution in [0.25, 0.3) is 0 Å². The molecule has 0 aliphatic carbocycles. The number of ether oxygens (including phenoxy) is 2. The van der Waals surface area contributed by atoms with E-state index in [-0.39, 0.29) is 32.2 Å². The molecule has 10 nitrogen and oxygen atoms in total. The van der Waals surface area contributed by atoms with Crippen molar-refractivity contribution in [3.05, 3.63) is 97.2 Å². The van der Waals surface area contributed by atoms with Gasteiger partial charge in [0, 0.05) is 12.8 Å². The molecule has 0 fully saturated rings. The van der Waals surface area contributed by atoms with Crippen molar-refractivity contribution in [3.63, 3.8) is 0 Å². The molecule has 0 aliphatic rings. The Morgan fingerprint density at radius 2 is 1.23 bits per heavy atom. The second-order valence-corrected chi connectivity index (χ2v) is 16.2. The van der Waals surface area contributed by atoms with E-state index >= 15 is 0 Å². The maximum absolute atomic E-state index is 12.6. The third-order valence-corrected chi connectivity index (χ3v) is 9.16. The van der Waals surface area contributed by atoms with Crippen LogP contribution < -0.4 is 4.89 Å². The van der Waals surface area contributed by atoms with E-state index in [0.29, 0.717) is 30.3 Å². The Balaban J connectivity index is 4.61. The van der Waals surface area contributed by atoms with Crippen LogP contribution in [0.15, 0.2) is 97.2 Å². The summed E-state index contributed by atoms with van der Waals surface area (Å²) in [6.07, 6.45) is 44.9. The van der Waals surface area contributed by atoms with Crippen LogP contribution in [0.1, 0.15) is 123 Å². The molecular weight excluding hydrogens is 741 g/mol.